The summed E-state index contributed by atoms with van der Waals surface area (Å²) in [6.07, 6.45) is 10.7. The van der Waals surface area contributed by atoms with Gasteiger partial charge in [0.1, 0.15) is 35.6 Å². The predicted octanol–water partition coefficient (Wildman–Crippen LogP) is 10.1. The van der Waals surface area contributed by atoms with Crippen molar-refractivity contribution < 1.29 is 57.8 Å². The first-order valence-electron chi connectivity index (χ1n) is 23.8. The van der Waals surface area contributed by atoms with Crippen molar-refractivity contribution in [1.29, 1.82) is 0 Å². The number of benzene rings is 4. The highest BCUT2D eigenvalue weighted by molar-refractivity contribution is 6.03. The van der Waals surface area contributed by atoms with Gasteiger partial charge in [-0.05, 0) is 109 Å². The summed E-state index contributed by atoms with van der Waals surface area (Å²) < 4.78 is 44.0. The largest absolute Gasteiger partial charge is 0.496 e. The van der Waals surface area contributed by atoms with Gasteiger partial charge in [-0.1, -0.05) is 72.6 Å². The normalized spacial score (nSPS) is 22.3. The average molecular weight is 943 g/mol. The Morgan fingerprint density at radius 2 is 1.65 bits per heavy atom. The van der Waals surface area contributed by atoms with E-state index in [4.69, 9.17) is 43.2 Å². The smallest absolute Gasteiger partial charge is 0.410 e. The minimum Gasteiger partial charge on any atom is -0.496 e. The van der Waals surface area contributed by atoms with Gasteiger partial charge >= 0.3 is 6.09 Å². The van der Waals surface area contributed by atoms with Crippen LogP contribution in [0.2, 0.25) is 0 Å². The molecule has 0 radical (unpaired) electrons. The van der Waals surface area contributed by atoms with Crippen LogP contribution >= 0.6 is 0 Å². The molecule has 1 amide bonds. The van der Waals surface area contributed by atoms with Gasteiger partial charge in [-0.25, -0.2) is 4.79 Å². The van der Waals surface area contributed by atoms with Crippen molar-refractivity contribution in [3.05, 3.63) is 144 Å². The quantitative estimate of drug-likeness (QED) is 0.0296. The van der Waals surface area contributed by atoms with E-state index in [1.807, 2.05) is 66.7 Å². The molecular weight excluding hydrogens is 881 g/mol. The van der Waals surface area contributed by atoms with Crippen LogP contribution in [0, 0.1) is 17.8 Å². The SMILES string of the molecule is C=CCCOC(=O)N(Cc1ccc2c(c1)OCO2)[C@H]1CC(=NOCc2ccccc2)C2=C[C@H](CCCCO)[C@@H](CCCCO)[C@@H]3c4cc(Oc5ccc(OC)c(C=O)c5)ccc4O[C@@]1(OCC=C)[C@H]23. The maximum absolute atomic E-state index is 14.9. The van der Waals surface area contributed by atoms with E-state index in [0.29, 0.717) is 65.0 Å². The monoisotopic (exact) mass is 942 g/mol. The Morgan fingerprint density at radius 3 is 2.42 bits per heavy atom. The van der Waals surface area contributed by atoms with Crippen LogP contribution in [0.25, 0.3) is 0 Å². The van der Waals surface area contributed by atoms with Gasteiger partial charge in [-0.3, -0.25) is 9.69 Å². The molecule has 2 aliphatic carbocycles. The fourth-order valence-electron chi connectivity index (χ4n) is 10.3. The Hall–Kier alpha value is -6.61. The number of methoxy groups -OCH3 is 1. The summed E-state index contributed by atoms with van der Waals surface area (Å²) in [6, 6.07) is 25.3. The summed E-state index contributed by atoms with van der Waals surface area (Å²) in [7, 11) is 1.51. The fraction of sp³-hybridized carbons (Fsp3) is 0.400. The maximum atomic E-state index is 14.9. The van der Waals surface area contributed by atoms with Crippen molar-refractivity contribution in [1.82, 2.24) is 4.90 Å². The molecule has 69 heavy (non-hydrogen) atoms. The zero-order valence-electron chi connectivity index (χ0n) is 39.2. The summed E-state index contributed by atoms with van der Waals surface area (Å²) in [4.78, 5) is 34.9. The van der Waals surface area contributed by atoms with E-state index in [0.717, 1.165) is 54.2 Å². The first-order valence-corrected chi connectivity index (χ1v) is 23.8. The molecule has 6 atom stereocenters. The number of unbranched alkanes of at least 4 members (excludes halogenated alkanes) is 2. The minimum absolute atomic E-state index is 0.000312. The first kappa shape index (κ1) is 48.8. The molecule has 0 spiro atoms. The molecule has 2 heterocycles. The second-order valence-corrected chi connectivity index (χ2v) is 17.7. The second kappa shape index (κ2) is 23.1. The molecule has 1 saturated carbocycles. The van der Waals surface area contributed by atoms with E-state index < -0.39 is 23.8 Å². The van der Waals surface area contributed by atoms with Crippen molar-refractivity contribution in [2.75, 3.05) is 40.3 Å². The van der Waals surface area contributed by atoms with E-state index in [2.05, 4.69) is 19.2 Å². The summed E-state index contributed by atoms with van der Waals surface area (Å²) in [5.74, 6) is 0.619. The standard InChI is InChI=1S/C55H62N2O12/c1-4-6-27-63-54(61)57(33-38-18-21-49-50(28-38)65-36-64-49)51-32-46(56-67-35-37-14-8-7-9-15-37)44-30-39(16-10-12-24-58)43(17-11-13-25-59)52-45-31-42(68-41-19-22-47(62-3)40(29-41)34-60)20-23-48(45)69-55(51,53(44)52)66-26-5-2/h4-5,7-9,14-15,18-23,28-31,34,39,43,51-53,58-59H,1-2,6,10-13,16-17,24-27,32-33,35-36H2,3H3/t39-,43+,51-,52+,53+,55+/m0/s1. The Kier molecular flexibility index (Phi) is 16.4. The highest BCUT2D eigenvalue weighted by Crippen LogP contribution is 2.62. The third-order valence-corrected chi connectivity index (χ3v) is 13.4. The lowest BCUT2D eigenvalue weighted by Gasteiger charge is -2.59. The van der Waals surface area contributed by atoms with E-state index in [9.17, 15) is 19.8 Å². The predicted molar refractivity (Wildman–Crippen MR) is 259 cm³/mol. The van der Waals surface area contributed by atoms with Crippen LogP contribution in [0.1, 0.15) is 84.3 Å². The van der Waals surface area contributed by atoms with Gasteiger partial charge in [0.05, 0.1) is 37.5 Å². The molecule has 14 nitrogen and oxygen atoms in total. The number of aldehydes is 1. The lowest BCUT2D eigenvalue weighted by molar-refractivity contribution is -0.256. The number of carbonyl (C=O) groups excluding carboxylic acids is 2. The van der Waals surface area contributed by atoms with E-state index in [1.165, 1.54) is 7.11 Å². The number of fused-ring (bicyclic) bond motifs is 3. The molecule has 1 fully saturated rings. The van der Waals surface area contributed by atoms with Crippen molar-refractivity contribution in [3.8, 4) is 34.5 Å². The number of aliphatic hydroxyl groups is 2. The molecule has 4 aliphatic rings. The van der Waals surface area contributed by atoms with Gasteiger partial charge < -0.3 is 48.2 Å². The lowest BCUT2D eigenvalue weighted by atomic mass is 9.55. The highest BCUT2D eigenvalue weighted by atomic mass is 16.7. The number of amides is 1. The number of hydrogen-bond acceptors (Lipinski definition) is 13. The summed E-state index contributed by atoms with van der Waals surface area (Å²) in [5.41, 5.74) is 4.44. The molecule has 0 unspecified atom stereocenters. The van der Waals surface area contributed by atoms with Crippen LogP contribution in [0.4, 0.5) is 4.79 Å². The number of rotatable bonds is 24. The molecular formula is C55H62N2O12. The van der Waals surface area contributed by atoms with E-state index >= 15 is 0 Å². The van der Waals surface area contributed by atoms with Crippen molar-refractivity contribution in [2.45, 2.75) is 82.3 Å². The number of oxime groups is 1. The summed E-state index contributed by atoms with van der Waals surface area (Å²) in [6.45, 7) is 8.58. The molecule has 8 rings (SSSR count). The number of aliphatic hydroxyl groups excluding tert-OH is 2. The Labute approximate surface area is 403 Å². The molecule has 0 bridgehead atoms. The third kappa shape index (κ3) is 10.8. The van der Waals surface area contributed by atoms with Crippen molar-refractivity contribution in [3.63, 3.8) is 0 Å². The summed E-state index contributed by atoms with van der Waals surface area (Å²) in [5, 5.41) is 25.1. The molecule has 2 N–H and O–H groups in total. The molecule has 0 aromatic heterocycles. The van der Waals surface area contributed by atoms with Crippen LogP contribution < -0.4 is 23.7 Å². The average Bonchev–Trinajstić information content (AvgIpc) is 3.85. The van der Waals surface area contributed by atoms with Gasteiger partial charge in [0.15, 0.2) is 17.8 Å². The van der Waals surface area contributed by atoms with Crippen LogP contribution in [0.3, 0.4) is 0 Å². The van der Waals surface area contributed by atoms with E-state index in [-0.39, 0.29) is 70.5 Å². The lowest BCUT2D eigenvalue weighted by Crippen LogP contribution is -2.70. The highest BCUT2D eigenvalue weighted by Gasteiger charge is 2.65. The number of carbonyl (C=O) groups is 2. The van der Waals surface area contributed by atoms with E-state index in [1.54, 1.807) is 35.3 Å². The molecule has 4 aromatic carbocycles. The molecule has 2 aliphatic heterocycles. The van der Waals surface area contributed by atoms with Crippen LogP contribution in [-0.4, -0.2) is 85.4 Å². The first-order chi connectivity index (χ1) is 33.8. The van der Waals surface area contributed by atoms with Gasteiger partial charge in [-0.2, -0.15) is 0 Å². The molecule has 4 aromatic rings. The minimum atomic E-state index is -1.55. The van der Waals surface area contributed by atoms with Gasteiger partial charge in [-0.15, -0.1) is 13.2 Å². The Balaban J connectivity index is 1.33. The number of nitrogens with zero attached hydrogens (tertiary/aromatic N) is 2. The Bertz CT molecular complexity index is 2490. The maximum Gasteiger partial charge on any atom is 0.410 e. The third-order valence-electron chi connectivity index (χ3n) is 13.4. The number of allylic oxidation sites excluding steroid dienone is 1. The van der Waals surface area contributed by atoms with Crippen molar-refractivity contribution >= 4 is 18.1 Å². The van der Waals surface area contributed by atoms with Crippen LogP contribution in [0.15, 0.2) is 127 Å². The molecule has 364 valence electrons. The molecule has 14 heteroatoms. The molecule has 0 saturated heterocycles. The van der Waals surface area contributed by atoms with Crippen molar-refractivity contribution in [2.24, 2.45) is 22.9 Å². The second-order valence-electron chi connectivity index (χ2n) is 17.7. The van der Waals surface area contributed by atoms with Crippen LogP contribution in [0.5, 0.6) is 34.5 Å². The van der Waals surface area contributed by atoms with Gasteiger partial charge in [0, 0.05) is 37.7 Å². The number of hydrogen-bond donors (Lipinski definition) is 2. The zero-order chi connectivity index (χ0) is 48.2. The topological polar surface area (TPSA) is 164 Å². The Morgan fingerprint density at radius 1 is 0.884 bits per heavy atom. The summed E-state index contributed by atoms with van der Waals surface area (Å²) >= 11 is 0. The van der Waals surface area contributed by atoms with Crippen LogP contribution in [-0.2, 0) is 27.5 Å². The van der Waals surface area contributed by atoms with Gasteiger partial charge in [0.25, 0.3) is 0 Å². The fourth-order valence-corrected chi connectivity index (χ4v) is 10.3. The number of ether oxygens (including phenoxy) is 7. The van der Waals surface area contributed by atoms with Gasteiger partial charge in [0.2, 0.25) is 12.6 Å². The zero-order valence-corrected chi connectivity index (χ0v) is 39.2.